The lowest BCUT2D eigenvalue weighted by molar-refractivity contribution is -0.142. The van der Waals surface area contributed by atoms with Gasteiger partial charge in [0.25, 0.3) is 0 Å². The van der Waals surface area contributed by atoms with E-state index >= 15 is 0 Å². The molecule has 1 unspecified atom stereocenters. The summed E-state index contributed by atoms with van der Waals surface area (Å²) in [7, 11) is 0. The van der Waals surface area contributed by atoms with E-state index in [1.165, 1.54) is 12.8 Å². The van der Waals surface area contributed by atoms with Gasteiger partial charge in [0.15, 0.2) is 0 Å². The van der Waals surface area contributed by atoms with Crippen LogP contribution in [0.1, 0.15) is 37.7 Å². The van der Waals surface area contributed by atoms with Crippen molar-refractivity contribution in [2.75, 3.05) is 6.54 Å². The normalized spacial score (nSPS) is 16.2. The van der Waals surface area contributed by atoms with E-state index in [9.17, 15) is 14.7 Å². The molecule has 0 radical (unpaired) electrons. The Balaban J connectivity index is 1.71. The molecule has 0 aromatic heterocycles. The molecule has 0 saturated heterocycles. The van der Waals surface area contributed by atoms with Gasteiger partial charge >= 0.3 is 12.1 Å². The number of hydrogen-bond donors (Lipinski definition) is 2. The van der Waals surface area contributed by atoms with Crippen LogP contribution in [-0.2, 0) is 16.1 Å². The molecule has 120 valence electrons. The average molecular weight is 305 g/mol. The Kier molecular flexibility index (Phi) is 6.25. The van der Waals surface area contributed by atoms with Crippen molar-refractivity contribution < 1.29 is 19.4 Å². The first-order chi connectivity index (χ1) is 10.6. The van der Waals surface area contributed by atoms with E-state index in [1.807, 2.05) is 30.3 Å². The largest absolute Gasteiger partial charge is 0.481 e. The fourth-order valence-electron chi connectivity index (χ4n) is 2.90. The number of carbonyl (C=O) groups excluding carboxylic acids is 1. The lowest BCUT2D eigenvalue weighted by Gasteiger charge is -2.17. The minimum absolute atomic E-state index is 0.124. The van der Waals surface area contributed by atoms with E-state index in [2.05, 4.69) is 5.32 Å². The van der Waals surface area contributed by atoms with Gasteiger partial charge in [-0.25, -0.2) is 4.79 Å². The van der Waals surface area contributed by atoms with Gasteiger partial charge < -0.3 is 15.2 Å². The first-order valence-corrected chi connectivity index (χ1v) is 7.82. The summed E-state index contributed by atoms with van der Waals surface area (Å²) >= 11 is 0. The highest BCUT2D eigenvalue weighted by atomic mass is 16.5. The summed E-state index contributed by atoms with van der Waals surface area (Å²) in [6, 6.07) is 9.38. The molecule has 0 spiro atoms. The van der Waals surface area contributed by atoms with Crippen LogP contribution < -0.4 is 5.32 Å². The van der Waals surface area contributed by atoms with E-state index in [0.29, 0.717) is 12.3 Å². The lowest BCUT2D eigenvalue weighted by Crippen LogP contribution is -2.34. The van der Waals surface area contributed by atoms with Crippen LogP contribution in [0.4, 0.5) is 4.79 Å². The summed E-state index contributed by atoms with van der Waals surface area (Å²) in [5.74, 6) is -0.911. The Morgan fingerprint density at radius 3 is 2.55 bits per heavy atom. The Bertz CT molecular complexity index is 483. The predicted octanol–water partition coefficient (Wildman–Crippen LogP) is 3.19. The fraction of sp³-hybridized carbons (Fsp3) is 0.529. The van der Waals surface area contributed by atoms with Crippen LogP contribution in [0.3, 0.4) is 0 Å². The number of rotatable bonds is 7. The van der Waals surface area contributed by atoms with Gasteiger partial charge in [-0.2, -0.15) is 0 Å². The van der Waals surface area contributed by atoms with Crippen LogP contribution in [0, 0.1) is 11.8 Å². The highest BCUT2D eigenvalue weighted by molar-refractivity contribution is 5.72. The maximum atomic E-state index is 11.7. The topological polar surface area (TPSA) is 75.6 Å². The number of hydrogen-bond acceptors (Lipinski definition) is 3. The number of aliphatic carboxylic acids is 1. The van der Waals surface area contributed by atoms with Gasteiger partial charge in [0.2, 0.25) is 0 Å². The monoisotopic (exact) mass is 305 g/mol. The number of carboxylic acids is 1. The quantitative estimate of drug-likeness (QED) is 0.811. The standard InChI is InChI=1S/C17H23NO4/c19-16(20)15(10-13-6-4-5-7-13)11-18-17(21)22-12-14-8-2-1-3-9-14/h1-3,8-9,13,15H,4-7,10-12H2,(H,18,21)(H,19,20). The number of nitrogens with one attached hydrogen (secondary N) is 1. The number of carboxylic acid groups (broad SMARTS) is 1. The summed E-state index contributed by atoms with van der Waals surface area (Å²) in [6.45, 7) is 0.312. The molecule has 22 heavy (non-hydrogen) atoms. The lowest BCUT2D eigenvalue weighted by atomic mass is 9.93. The Hall–Kier alpha value is -2.04. The number of ether oxygens (including phenoxy) is 1. The van der Waals surface area contributed by atoms with Crippen molar-refractivity contribution in [3.05, 3.63) is 35.9 Å². The van der Waals surface area contributed by atoms with E-state index in [-0.39, 0.29) is 13.2 Å². The predicted molar refractivity (Wildman–Crippen MR) is 82.3 cm³/mol. The average Bonchev–Trinajstić information content (AvgIpc) is 3.03. The molecule has 1 atom stereocenters. The summed E-state index contributed by atoms with van der Waals surface area (Å²) in [6.07, 6.45) is 4.63. The molecule has 1 aromatic rings. The zero-order valence-corrected chi connectivity index (χ0v) is 12.7. The van der Waals surface area contributed by atoms with Crippen LogP contribution in [0.2, 0.25) is 0 Å². The number of carbonyl (C=O) groups is 2. The second-order valence-corrected chi connectivity index (χ2v) is 5.86. The van der Waals surface area contributed by atoms with Crippen molar-refractivity contribution in [2.24, 2.45) is 11.8 Å². The van der Waals surface area contributed by atoms with E-state index in [4.69, 9.17) is 4.74 Å². The van der Waals surface area contributed by atoms with Crippen LogP contribution >= 0.6 is 0 Å². The second-order valence-electron chi connectivity index (χ2n) is 5.86. The van der Waals surface area contributed by atoms with Crippen molar-refractivity contribution >= 4 is 12.1 Å². The first kappa shape index (κ1) is 16.3. The van der Waals surface area contributed by atoms with Gasteiger partial charge in [-0.3, -0.25) is 4.79 Å². The number of alkyl carbamates (subject to hydrolysis) is 1. The SMILES string of the molecule is O=C(NCC(CC1CCCC1)C(=O)O)OCc1ccccc1. The van der Waals surface area contributed by atoms with Gasteiger partial charge in [0.05, 0.1) is 5.92 Å². The van der Waals surface area contributed by atoms with Crippen molar-refractivity contribution in [1.82, 2.24) is 5.32 Å². The second kappa shape index (κ2) is 8.41. The highest BCUT2D eigenvalue weighted by Crippen LogP contribution is 2.30. The Morgan fingerprint density at radius 2 is 1.91 bits per heavy atom. The van der Waals surface area contributed by atoms with E-state index in [1.54, 1.807) is 0 Å². The zero-order chi connectivity index (χ0) is 15.8. The van der Waals surface area contributed by atoms with Gasteiger partial charge in [-0.15, -0.1) is 0 Å². The summed E-state index contributed by atoms with van der Waals surface area (Å²) < 4.78 is 5.09. The molecule has 2 N–H and O–H groups in total. The molecule has 1 fully saturated rings. The van der Waals surface area contributed by atoms with Crippen molar-refractivity contribution in [3.8, 4) is 0 Å². The van der Waals surface area contributed by atoms with Gasteiger partial charge in [-0.1, -0.05) is 56.0 Å². The molecule has 0 heterocycles. The van der Waals surface area contributed by atoms with Crippen LogP contribution in [-0.4, -0.2) is 23.7 Å². The minimum Gasteiger partial charge on any atom is -0.481 e. The van der Waals surface area contributed by atoms with Gasteiger partial charge in [-0.05, 0) is 17.9 Å². The Labute approximate surface area is 130 Å². The maximum Gasteiger partial charge on any atom is 0.407 e. The molecule has 1 aromatic carbocycles. The smallest absolute Gasteiger partial charge is 0.407 e. The van der Waals surface area contributed by atoms with E-state index in [0.717, 1.165) is 18.4 Å². The van der Waals surface area contributed by atoms with Crippen molar-refractivity contribution in [2.45, 2.75) is 38.7 Å². The van der Waals surface area contributed by atoms with Crippen LogP contribution in [0.5, 0.6) is 0 Å². The molecule has 1 aliphatic rings. The molecule has 5 heteroatoms. The van der Waals surface area contributed by atoms with Crippen molar-refractivity contribution in [3.63, 3.8) is 0 Å². The summed E-state index contributed by atoms with van der Waals surface area (Å²) in [4.78, 5) is 22.9. The molecule has 1 aliphatic carbocycles. The van der Waals surface area contributed by atoms with Gasteiger partial charge in [0, 0.05) is 6.54 Å². The number of benzene rings is 1. The molecular weight excluding hydrogens is 282 g/mol. The van der Waals surface area contributed by atoms with Crippen LogP contribution in [0.15, 0.2) is 30.3 Å². The molecule has 1 amide bonds. The fourth-order valence-corrected chi connectivity index (χ4v) is 2.90. The Morgan fingerprint density at radius 1 is 1.23 bits per heavy atom. The third-order valence-corrected chi connectivity index (χ3v) is 4.15. The molecule has 0 bridgehead atoms. The first-order valence-electron chi connectivity index (χ1n) is 7.82. The zero-order valence-electron chi connectivity index (χ0n) is 12.7. The molecular formula is C17H23NO4. The summed E-state index contributed by atoms with van der Waals surface area (Å²) in [5, 5.41) is 11.8. The third-order valence-electron chi connectivity index (χ3n) is 4.15. The molecule has 2 rings (SSSR count). The van der Waals surface area contributed by atoms with Gasteiger partial charge in [0.1, 0.15) is 6.61 Å². The maximum absolute atomic E-state index is 11.7. The van der Waals surface area contributed by atoms with E-state index < -0.39 is 18.0 Å². The van der Waals surface area contributed by atoms with Crippen molar-refractivity contribution in [1.29, 1.82) is 0 Å². The minimum atomic E-state index is -0.852. The van der Waals surface area contributed by atoms with Crippen LogP contribution in [0.25, 0.3) is 0 Å². The molecule has 0 aliphatic heterocycles. The summed E-state index contributed by atoms with van der Waals surface area (Å²) in [5.41, 5.74) is 0.901. The molecule has 1 saturated carbocycles. The highest BCUT2D eigenvalue weighted by Gasteiger charge is 2.25. The third kappa shape index (κ3) is 5.39. The molecule has 5 nitrogen and oxygen atoms in total. The number of amides is 1.